The van der Waals surface area contributed by atoms with E-state index >= 15 is 0 Å². The second-order valence-corrected chi connectivity index (χ2v) is 9.20. The largest absolute Gasteiger partial charge is 0.481 e. The smallest absolute Gasteiger partial charge is 0.303 e. The molecule has 1 aromatic heterocycles. The van der Waals surface area contributed by atoms with Crippen LogP contribution in [-0.2, 0) is 11.3 Å². The van der Waals surface area contributed by atoms with Crippen LogP contribution in [0, 0.1) is 0 Å². The lowest BCUT2D eigenvalue weighted by molar-refractivity contribution is -0.137. The zero-order chi connectivity index (χ0) is 21.9. The van der Waals surface area contributed by atoms with Gasteiger partial charge in [0.05, 0.1) is 0 Å². The first-order chi connectivity index (χ1) is 14.7. The van der Waals surface area contributed by atoms with Gasteiger partial charge in [-0.2, -0.15) is 0 Å². The van der Waals surface area contributed by atoms with Gasteiger partial charge < -0.3 is 9.67 Å². The number of hydrogen-bond donors (Lipinski definition) is 1. The van der Waals surface area contributed by atoms with Crippen molar-refractivity contribution in [1.29, 1.82) is 0 Å². The number of carboxylic acids is 1. The molecule has 0 aliphatic rings. The second-order valence-electron chi connectivity index (χ2n) is 7.99. The molecule has 1 atom stereocenters. The lowest BCUT2D eigenvalue weighted by Crippen LogP contribution is -2.05. The van der Waals surface area contributed by atoms with Crippen LogP contribution in [0.5, 0.6) is 0 Å². The SMILES string of the molecule is C=CCn1ccnc1SC(/C=C\CCCCCCCCCCCC)CCCC(=O)O. The molecule has 0 bridgehead atoms. The number of aliphatic carboxylic acids is 1. The molecule has 0 spiro atoms. The Morgan fingerprint density at radius 1 is 1.13 bits per heavy atom. The number of unbranched alkanes of at least 4 members (excludes halogenated alkanes) is 10. The summed E-state index contributed by atoms with van der Waals surface area (Å²) < 4.78 is 2.08. The molecular weight excluding hydrogens is 392 g/mol. The predicted octanol–water partition coefficient (Wildman–Crippen LogP) is 7.65. The highest BCUT2D eigenvalue weighted by Crippen LogP contribution is 2.27. The lowest BCUT2D eigenvalue weighted by Gasteiger charge is -2.12. The van der Waals surface area contributed by atoms with Crippen molar-refractivity contribution in [2.24, 2.45) is 0 Å². The molecule has 30 heavy (non-hydrogen) atoms. The van der Waals surface area contributed by atoms with Crippen molar-refractivity contribution in [1.82, 2.24) is 9.55 Å². The summed E-state index contributed by atoms with van der Waals surface area (Å²) in [5, 5.41) is 10.2. The van der Waals surface area contributed by atoms with Gasteiger partial charge in [0.1, 0.15) is 0 Å². The molecule has 0 fully saturated rings. The van der Waals surface area contributed by atoms with Crippen molar-refractivity contribution < 1.29 is 9.90 Å². The molecule has 170 valence electrons. The maximum absolute atomic E-state index is 10.9. The number of nitrogens with zero attached hydrogens (tertiary/aromatic N) is 2. The van der Waals surface area contributed by atoms with Gasteiger partial charge in [-0.25, -0.2) is 4.98 Å². The van der Waals surface area contributed by atoms with E-state index in [1.165, 1.54) is 64.2 Å². The van der Waals surface area contributed by atoms with Crippen molar-refractivity contribution in [2.45, 2.75) is 114 Å². The molecule has 1 aromatic rings. The molecule has 1 unspecified atom stereocenters. The van der Waals surface area contributed by atoms with Gasteiger partial charge in [0.15, 0.2) is 5.16 Å². The molecule has 5 heteroatoms. The van der Waals surface area contributed by atoms with Gasteiger partial charge in [0, 0.05) is 30.6 Å². The van der Waals surface area contributed by atoms with Gasteiger partial charge in [-0.3, -0.25) is 4.79 Å². The molecule has 0 saturated heterocycles. The molecule has 1 rings (SSSR count). The van der Waals surface area contributed by atoms with Crippen molar-refractivity contribution in [3.63, 3.8) is 0 Å². The van der Waals surface area contributed by atoms with E-state index in [0.717, 1.165) is 24.5 Å². The van der Waals surface area contributed by atoms with Crippen LogP contribution in [0.25, 0.3) is 0 Å². The number of carboxylic acid groups (broad SMARTS) is 1. The number of aromatic nitrogens is 2. The number of rotatable bonds is 20. The van der Waals surface area contributed by atoms with Gasteiger partial charge in [-0.05, 0) is 25.7 Å². The monoisotopic (exact) mass is 434 g/mol. The summed E-state index contributed by atoms with van der Waals surface area (Å²) in [6, 6.07) is 0. The molecule has 1 N–H and O–H groups in total. The summed E-state index contributed by atoms with van der Waals surface area (Å²) in [6.07, 6.45) is 26.6. The molecular formula is C25H42N2O2S. The predicted molar refractivity (Wildman–Crippen MR) is 129 cm³/mol. The number of imidazole rings is 1. The molecule has 0 radical (unpaired) electrons. The Bertz CT molecular complexity index is 598. The van der Waals surface area contributed by atoms with Gasteiger partial charge in [-0.1, -0.05) is 94.7 Å². The molecule has 4 nitrogen and oxygen atoms in total. The summed E-state index contributed by atoms with van der Waals surface area (Å²) in [5.74, 6) is -0.721. The van der Waals surface area contributed by atoms with Crippen LogP contribution in [-0.4, -0.2) is 25.9 Å². The lowest BCUT2D eigenvalue weighted by atomic mass is 10.1. The molecule has 1 heterocycles. The van der Waals surface area contributed by atoms with E-state index in [1.54, 1.807) is 11.8 Å². The first-order valence-electron chi connectivity index (χ1n) is 11.8. The fourth-order valence-electron chi connectivity index (χ4n) is 3.47. The minimum Gasteiger partial charge on any atom is -0.481 e. The number of thioether (sulfide) groups is 1. The van der Waals surface area contributed by atoms with Crippen LogP contribution in [0.2, 0.25) is 0 Å². The van der Waals surface area contributed by atoms with Crippen molar-refractivity contribution >= 4 is 17.7 Å². The summed E-state index contributed by atoms with van der Waals surface area (Å²) in [6.45, 7) is 6.81. The minimum atomic E-state index is -0.721. The van der Waals surface area contributed by atoms with E-state index in [4.69, 9.17) is 5.11 Å². The summed E-state index contributed by atoms with van der Waals surface area (Å²) in [7, 11) is 0. The summed E-state index contributed by atoms with van der Waals surface area (Å²) in [4.78, 5) is 15.3. The summed E-state index contributed by atoms with van der Waals surface area (Å²) >= 11 is 1.72. The van der Waals surface area contributed by atoms with Gasteiger partial charge in [0.2, 0.25) is 0 Å². The fraction of sp³-hybridized carbons (Fsp3) is 0.680. The van der Waals surface area contributed by atoms with E-state index in [0.29, 0.717) is 6.42 Å². The third-order valence-electron chi connectivity index (χ3n) is 5.21. The van der Waals surface area contributed by atoms with E-state index in [2.05, 4.69) is 35.2 Å². The quantitative estimate of drug-likeness (QED) is 0.130. The van der Waals surface area contributed by atoms with E-state index < -0.39 is 5.97 Å². The standard InChI is InChI=1S/C25H42N2O2S/c1-3-5-6-7-8-9-10-11-12-13-14-15-17-23(18-16-19-24(28)29)30-25-26-20-22-27(25)21-4-2/h4,15,17,20,22-23H,2-3,5-14,16,18-19,21H2,1H3,(H,28,29)/b17-15-. The first-order valence-corrected chi connectivity index (χ1v) is 12.7. The maximum atomic E-state index is 10.9. The topological polar surface area (TPSA) is 55.1 Å². The van der Waals surface area contributed by atoms with E-state index in [9.17, 15) is 4.79 Å². The van der Waals surface area contributed by atoms with Crippen LogP contribution < -0.4 is 0 Å². The Morgan fingerprint density at radius 3 is 2.43 bits per heavy atom. The van der Waals surface area contributed by atoms with Gasteiger partial charge >= 0.3 is 5.97 Å². The number of hydrogen-bond acceptors (Lipinski definition) is 3. The van der Waals surface area contributed by atoms with E-state index in [1.807, 2.05) is 18.5 Å². The highest BCUT2D eigenvalue weighted by molar-refractivity contribution is 7.99. The second kappa shape index (κ2) is 18.3. The van der Waals surface area contributed by atoms with Crippen LogP contribution in [0.4, 0.5) is 0 Å². The molecule has 0 aliphatic heterocycles. The maximum Gasteiger partial charge on any atom is 0.303 e. The molecule has 0 saturated carbocycles. The van der Waals surface area contributed by atoms with Crippen molar-refractivity contribution in [2.75, 3.05) is 0 Å². The van der Waals surface area contributed by atoms with Crippen molar-refractivity contribution in [3.05, 3.63) is 37.2 Å². The Morgan fingerprint density at radius 2 is 1.80 bits per heavy atom. The average molecular weight is 435 g/mol. The Labute approximate surface area is 188 Å². The fourth-order valence-corrected chi connectivity index (χ4v) is 4.61. The Kier molecular flexibility index (Phi) is 16.2. The Balaban J connectivity index is 2.29. The number of carbonyl (C=O) groups is 1. The normalized spacial score (nSPS) is 12.4. The molecule has 0 amide bonds. The van der Waals surface area contributed by atoms with Crippen LogP contribution in [0.3, 0.4) is 0 Å². The van der Waals surface area contributed by atoms with Gasteiger partial charge in [-0.15, -0.1) is 6.58 Å². The molecule has 0 aromatic carbocycles. The minimum absolute atomic E-state index is 0.227. The van der Waals surface area contributed by atoms with Crippen LogP contribution in [0.1, 0.15) is 96.8 Å². The zero-order valence-electron chi connectivity index (χ0n) is 18.9. The highest BCUT2D eigenvalue weighted by Gasteiger charge is 2.12. The third-order valence-corrected chi connectivity index (χ3v) is 6.46. The molecule has 0 aliphatic carbocycles. The van der Waals surface area contributed by atoms with Crippen LogP contribution >= 0.6 is 11.8 Å². The van der Waals surface area contributed by atoms with Crippen molar-refractivity contribution in [3.8, 4) is 0 Å². The zero-order valence-corrected chi connectivity index (χ0v) is 19.8. The third kappa shape index (κ3) is 13.7. The number of allylic oxidation sites excluding steroid dienone is 2. The van der Waals surface area contributed by atoms with E-state index in [-0.39, 0.29) is 11.7 Å². The Hall–Kier alpha value is -1.49. The van der Waals surface area contributed by atoms with Crippen LogP contribution in [0.15, 0.2) is 42.4 Å². The average Bonchev–Trinajstić information content (AvgIpc) is 3.15. The first kappa shape index (κ1) is 26.5. The summed E-state index contributed by atoms with van der Waals surface area (Å²) in [5.41, 5.74) is 0. The highest BCUT2D eigenvalue weighted by atomic mass is 32.2. The van der Waals surface area contributed by atoms with Gasteiger partial charge in [0.25, 0.3) is 0 Å².